The van der Waals surface area contributed by atoms with Gasteiger partial charge in [-0.1, -0.05) is 17.7 Å². The third-order valence-corrected chi connectivity index (χ3v) is 3.31. The molecule has 0 atom stereocenters. The van der Waals surface area contributed by atoms with Gasteiger partial charge in [0.05, 0.1) is 16.1 Å². The monoisotopic (exact) mass is 299 g/mol. The van der Waals surface area contributed by atoms with Crippen molar-refractivity contribution in [3.8, 4) is 6.07 Å². The molecule has 1 aromatic carbocycles. The first-order chi connectivity index (χ1) is 10.2. The summed E-state index contributed by atoms with van der Waals surface area (Å²) in [7, 11) is 0. The fourth-order valence-electron chi connectivity index (χ4n) is 2.00. The van der Waals surface area contributed by atoms with Crippen molar-refractivity contribution in [1.82, 2.24) is 15.0 Å². The number of hydrogen-bond donors (Lipinski definition) is 3. The number of pyridine rings is 1. The maximum Gasteiger partial charge on any atom is 0.323 e. The molecule has 3 N–H and O–H groups in total. The lowest BCUT2D eigenvalue weighted by atomic mass is 10.2. The highest BCUT2D eigenvalue weighted by atomic mass is 35.5. The lowest BCUT2D eigenvalue weighted by Crippen LogP contribution is -2.02. The predicted molar refractivity (Wildman–Crippen MR) is 80.2 cm³/mol. The topological polar surface area (TPSA) is 97.4 Å². The Morgan fingerprint density at radius 1 is 1.24 bits per heavy atom. The van der Waals surface area contributed by atoms with Gasteiger partial charge in [-0.2, -0.15) is 5.26 Å². The number of rotatable bonds is 3. The van der Waals surface area contributed by atoms with Crippen LogP contribution in [0, 0.1) is 11.3 Å². The summed E-state index contributed by atoms with van der Waals surface area (Å²) in [6.45, 7) is 0.517. The van der Waals surface area contributed by atoms with Gasteiger partial charge >= 0.3 is 5.69 Å². The van der Waals surface area contributed by atoms with Crippen LogP contribution >= 0.6 is 11.6 Å². The second kappa shape index (κ2) is 5.31. The fraction of sp³-hybridized carbons (Fsp3) is 0.0714. The van der Waals surface area contributed by atoms with Gasteiger partial charge in [-0.3, -0.25) is 0 Å². The van der Waals surface area contributed by atoms with E-state index in [1.807, 2.05) is 24.3 Å². The summed E-state index contributed by atoms with van der Waals surface area (Å²) in [6, 6.07) is 10.9. The van der Waals surface area contributed by atoms with Gasteiger partial charge < -0.3 is 15.3 Å². The zero-order valence-corrected chi connectivity index (χ0v) is 11.5. The average molecular weight is 300 g/mol. The molecule has 0 bridgehead atoms. The number of hydrogen-bond acceptors (Lipinski definition) is 4. The van der Waals surface area contributed by atoms with Crippen LogP contribution in [0.25, 0.3) is 11.0 Å². The van der Waals surface area contributed by atoms with Crippen LogP contribution in [-0.2, 0) is 6.54 Å². The van der Waals surface area contributed by atoms with Crippen LogP contribution in [0.5, 0.6) is 0 Å². The van der Waals surface area contributed by atoms with Gasteiger partial charge in [-0.25, -0.2) is 9.78 Å². The highest BCUT2D eigenvalue weighted by Gasteiger charge is 2.04. The normalized spacial score (nSPS) is 10.5. The highest BCUT2D eigenvalue weighted by Crippen LogP contribution is 2.17. The number of aromatic amines is 2. The molecule has 104 valence electrons. The summed E-state index contributed by atoms with van der Waals surface area (Å²) in [5, 5.41) is 12.3. The standard InChI is InChI=1S/C14H10ClN5O/c15-9-2-4-13(18-12(9)6-16)17-7-8-1-3-10-11(5-8)20-14(21)19-10/h1-5H,7H2,(H,17,18)(H2,19,20,21). The van der Waals surface area contributed by atoms with Crippen LogP contribution in [0.3, 0.4) is 0 Å². The third-order valence-electron chi connectivity index (χ3n) is 3.01. The quantitative estimate of drug-likeness (QED) is 0.691. The Morgan fingerprint density at radius 2 is 2.05 bits per heavy atom. The number of fused-ring (bicyclic) bond motifs is 1. The number of benzene rings is 1. The van der Waals surface area contributed by atoms with E-state index in [1.165, 1.54) is 0 Å². The van der Waals surface area contributed by atoms with Crippen molar-refractivity contribution >= 4 is 28.5 Å². The van der Waals surface area contributed by atoms with Crippen LogP contribution in [0.15, 0.2) is 35.1 Å². The molecule has 7 heteroatoms. The highest BCUT2D eigenvalue weighted by molar-refractivity contribution is 6.31. The average Bonchev–Trinajstić information content (AvgIpc) is 2.85. The van der Waals surface area contributed by atoms with Gasteiger partial charge in [0.2, 0.25) is 0 Å². The van der Waals surface area contributed by atoms with Crippen LogP contribution in [-0.4, -0.2) is 15.0 Å². The number of imidazole rings is 1. The van der Waals surface area contributed by atoms with Crippen molar-refractivity contribution in [2.45, 2.75) is 6.54 Å². The smallest absolute Gasteiger partial charge is 0.323 e. The SMILES string of the molecule is N#Cc1nc(NCc2ccc3[nH]c(=O)[nH]c3c2)ccc1Cl. The van der Waals surface area contributed by atoms with Crippen molar-refractivity contribution in [3.63, 3.8) is 0 Å². The second-order valence-corrected chi connectivity index (χ2v) is 4.86. The van der Waals surface area contributed by atoms with E-state index in [-0.39, 0.29) is 11.4 Å². The van der Waals surface area contributed by atoms with E-state index >= 15 is 0 Å². The summed E-state index contributed by atoms with van der Waals surface area (Å²) in [4.78, 5) is 20.7. The van der Waals surface area contributed by atoms with Gasteiger partial charge in [-0.15, -0.1) is 0 Å². The molecule has 0 unspecified atom stereocenters. The number of nitrogens with zero attached hydrogens (tertiary/aromatic N) is 2. The summed E-state index contributed by atoms with van der Waals surface area (Å²) in [5.74, 6) is 0.568. The van der Waals surface area contributed by atoms with Crippen LogP contribution in [0.4, 0.5) is 5.82 Å². The van der Waals surface area contributed by atoms with E-state index in [1.54, 1.807) is 12.1 Å². The van der Waals surface area contributed by atoms with Gasteiger partial charge in [-0.05, 0) is 29.8 Å². The van der Waals surface area contributed by atoms with Gasteiger partial charge in [0.15, 0.2) is 5.69 Å². The first-order valence-electron chi connectivity index (χ1n) is 6.17. The number of nitriles is 1. The molecule has 2 heterocycles. The fourth-order valence-corrected chi connectivity index (χ4v) is 2.15. The number of nitrogens with one attached hydrogen (secondary N) is 3. The Bertz CT molecular complexity index is 906. The summed E-state index contributed by atoms with van der Waals surface area (Å²) in [6.07, 6.45) is 0. The summed E-state index contributed by atoms with van der Waals surface area (Å²) >= 11 is 5.83. The maximum absolute atomic E-state index is 11.2. The lowest BCUT2D eigenvalue weighted by Gasteiger charge is -2.06. The van der Waals surface area contributed by atoms with Gasteiger partial charge in [0.1, 0.15) is 11.9 Å². The third kappa shape index (κ3) is 2.73. The van der Waals surface area contributed by atoms with Crippen molar-refractivity contribution < 1.29 is 0 Å². The lowest BCUT2D eigenvalue weighted by molar-refractivity contribution is 1.11. The Kier molecular flexibility index (Phi) is 3.34. The Morgan fingerprint density at radius 3 is 2.86 bits per heavy atom. The minimum atomic E-state index is -0.229. The first kappa shape index (κ1) is 13.2. The second-order valence-electron chi connectivity index (χ2n) is 4.45. The molecule has 0 aliphatic carbocycles. The molecule has 0 aliphatic rings. The van der Waals surface area contributed by atoms with Crippen LogP contribution in [0.2, 0.25) is 5.02 Å². The molecule has 0 amide bonds. The van der Waals surface area contributed by atoms with Crippen molar-refractivity contribution in [2.75, 3.05) is 5.32 Å². The molecule has 3 rings (SSSR count). The summed E-state index contributed by atoms with van der Waals surface area (Å²) in [5.41, 5.74) is 2.45. The van der Waals surface area contributed by atoms with E-state index < -0.39 is 0 Å². The number of aromatic nitrogens is 3. The molecule has 0 aliphatic heterocycles. The van der Waals surface area contributed by atoms with E-state index in [2.05, 4.69) is 20.3 Å². The largest absolute Gasteiger partial charge is 0.366 e. The van der Waals surface area contributed by atoms with Crippen molar-refractivity contribution in [2.24, 2.45) is 0 Å². The number of halogens is 1. The van der Waals surface area contributed by atoms with E-state index in [9.17, 15) is 4.79 Å². The van der Waals surface area contributed by atoms with Crippen molar-refractivity contribution in [1.29, 1.82) is 5.26 Å². The predicted octanol–water partition coefficient (Wildman–Crippen LogP) is 2.39. The van der Waals surface area contributed by atoms with Crippen LogP contribution in [0.1, 0.15) is 11.3 Å². The molecule has 6 nitrogen and oxygen atoms in total. The van der Waals surface area contributed by atoms with E-state index in [4.69, 9.17) is 16.9 Å². The van der Waals surface area contributed by atoms with Gasteiger partial charge in [0, 0.05) is 6.54 Å². The molecule has 0 saturated carbocycles. The molecule has 0 saturated heterocycles. The Labute approximate surface area is 124 Å². The van der Waals surface area contributed by atoms with E-state index in [0.29, 0.717) is 17.4 Å². The number of H-pyrrole nitrogens is 2. The molecule has 0 radical (unpaired) electrons. The zero-order valence-electron chi connectivity index (χ0n) is 10.8. The molecule has 3 aromatic rings. The minimum absolute atomic E-state index is 0.187. The Hall–Kier alpha value is -2.78. The molecule has 0 spiro atoms. The van der Waals surface area contributed by atoms with Gasteiger partial charge in [0.25, 0.3) is 0 Å². The minimum Gasteiger partial charge on any atom is -0.366 e. The van der Waals surface area contributed by atoms with Crippen LogP contribution < -0.4 is 11.0 Å². The van der Waals surface area contributed by atoms with E-state index in [0.717, 1.165) is 16.6 Å². The molecule has 21 heavy (non-hydrogen) atoms. The number of anilines is 1. The van der Waals surface area contributed by atoms with Crippen molar-refractivity contribution in [3.05, 3.63) is 57.1 Å². The maximum atomic E-state index is 11.2. The molecular formula is C14H10ClN5O. The molecular weight excluding hydrogens is 290 g/mol. The summed E-state index contributed by atoms with van der Waals surface area (Å²) < 4.78 is 0. The molecule has 2 aromatic heterocycles. The Balaban J connectivity index is 1.80. The zero-order chi connectivity index (χ0) is 14.8. The molecule has 0 fully saturated rings. The first-order valence-corrected chi connectivity index (χ1v) is 6.55.